The summed E-state index contributed by atoms with van der Waals surface area (Å²) in [6.45, 7) is -0.361. The van der Waals surface area contributed by atoms with Crippen molar-refractivity contribution in [3.63, 3.8) is 0 Å². The predicted octanol–water partition coefficient (Wildman–Crippen LogP) is -1.04. The van der Waals surface area contributed by atoms with Gasteiger partial charge in [0.05, 0.1) is 4.92 Å². The summed E-state index contributed by atoms with van der Waals surface area (Å²) in [4.78, 5) is 19.3. The maximum atomic E-state index is 10.0. The number of carboxylic acid groups (broad SMARTS) is 1. The Bertz CT molecular complexity index is 213. The lowest BCUT2D eigenvalue weighted by Crippen LogP contribution is -2.29. The Labute approximate surface area is 68.2 Å². The largest absolute Gasteiger partial charge is 0.480 e. The summed E-state index contributed by atoms with van der Waals surface area (Å²) < 4.78 is 0. The highest BCUT2D eigenvalue weighted by Crippen LogP contribution is 1.81. The molecular weight excluding hydrogens is 166 g/mol. The number of rotatable bonds is 5. The second kappa shape index (κ2) is 4.94. The molecule has 0 unspecified atom stereocenters. The van der Waals surface area contributed by atoms with E-state index in [0.717, 1.165) is 0 Å². The monoisotopic (exact) mass is 175 g/mol. The van der Waals surface area contributed by atoms with E-state index in [9.17, 15) is 14.9 Å². The molecule has 7 nitrogen and oxygen atoms in total. The third-order valence-corrected chi connectivity index (χ3v) is 0.934. The van der Waals surface area contributed by atoms with Gasteiger partial charge in [-0.1, -0.05) is 0 Å². The molecule has 0 aliphatic heterocycles. The quantitative estimate of drug-likeness (QED) is 0.364. The van der Waals surface area contributed by atoms with E-state index in [4.69, 9.17) is 5.11 Å². The van der Waals surface area contributed by atoms with Gasteiger partial charge in [0.15, 0.2) is 5.82 Å². The van der Waals surface area contributed by atoms with Crippen molar-refractivity contribution < 1.29 is 14.8 Å². The van der Waals surface area contributed by atoms with Crippen LogP contribution in [0.15, 0.2) is 12.0 Å². The van der Waals surface area contributed by atoms with E-state index in [0.29, 0.717) is 6.20 Å². The lowest BCUT2D eigenvalue weighted by atomic mass is 10.6. The second-order valence-corrected chi connectivity index (χ2v) is 1.83. The molecule has 12 heavy (non-hydrogen) atoms. The lowest BCUT2D eigenvalue weighted by Gasteiger charge is -2.03. The average molecular weight is 175 g/mol. The zero-order valence-corrected chi connectivity index (χ0v) is 6.40. The summed E-state index contributed by atoms with van der Waals surface area (Å²) in [5.74, 6) is -1.03. The normalized spacial score (nSPS) is 10.6. The van der Waals surface area contributed by atoms with Gasteiger partial charge in [-0.2, -0.15) is 0 Å². The molecule has 0 aromatic carbocycles. The fourth-order valence-corrected chi connectivity index (χ4v) is 0.475. The van der Waals surface area contributed by atoms with Gasteiger partial charge in [0.25, 0.3) is 6.20 Å². The summed E-state index contributed by atoms with van der Waals surface area (Å²) >= 11 is 0. The Balaban J connectivity index is 4.00. The Kier molecular flexibility index (Phi) is 4.20. The maximum Gasteiger partial charge on any atom is 0.322 e. The lowest BCUT2D eigenvalue weighted by molar-refractivity contribution is -0.404. The third kappa shape index (κ3) is 5.03. The first-order chi connectivity index (χ1) is 5.56. The average Bonchev–Trinajstić information content (AvgIpc) is 1.97. The van der Waals surface area contributed by atoms with E-state index in [1.54, 1.807) is 0 Å². The molecule has 0 amide bonds. The van der Waals surface area contributed by atoms with Gasteiger partial charge in [-0.3, -0.25) is 14.9 Å². The molecule has 3 N–H and O–H groups in total. The van der Waals surface area contributed by atoms with Crippen LogP contribution in [0.2, 0.25) is 0 Å². The summed E-state index contributed by atoms with van der Waals surface area (Å²) in [7, 11) is 1.45. The van der Waals surface area contributed by atoms with Crippen LogP contribution in [0.5, 0.6) is 0 Å². The molecular formula is C5H9N3O4. The smallest absolute Gasteiger partial charge is 0.322 e. The van der Waals surface area contributed by atoms with Crippen molar-refractivity contribution in [1.29, 1.82) is 0 Å². The number of nitro groups is 1. The third-order valence-electron chi connectivity index (χ3n) is 0.934. The van der Waals surface area contributed by atoms with Crippen LogP contribution >= 0.6 is 0 Å². The standard InChI is InChI=1S/C5H9N3O4/c1-6-4(3-8(11)12)7-2-5(9)10/h3,6-7H,2H2,1H3,(H,9,10)/b4-3+. The summed E-state index contributed by atoms with van der Waals surface area (Å²) in [6.07, 6.45) is 0.656. The topological polar surface area (TPSA) is 105 Å². The van der Waals surface area contributed by atoms with Gasteiger partial charge in [-0.15, -0.1) is 0 Å². The Morgan fingerprint density at radius 1 is 1.75 bits per heavy atom. The molecule has 0 aliphatic carbocycles. The van der Waals surface area contributed by atoms with Crippen LogP contribution in [0.1, 0.15) is 0 Å². The summed E-state index contributed by atoms with van der Waals surface area (Å²) in [6, 6.07) is 0. The summed E-state index contributed by atoms with van der Waals surface area (Å²) in [5.41, 5.74) is 0. The van der Waals surface area contributed by atoms with E-state index in [-0.39, 0.29) is 12.4 Å². The second-order valence-electron chi connectivity index (χ2n) is 1.83. The molecule has 0 heterocycles. The highest BCUT2D eigenvalue weighted by Gasteiger charge is 2.01. The molecule has 7 heteroatoms. The van der Waals surface area contributed by atoms with Gasteiger partial charge in [0.2, 0.25) is 0 Å². The molecule has 0 fully saturated rings. The number of aliphatic carboxylic acids is 1. The fourth-order valence-electron chi connectivity index (χ4n) is 0.475. The van der Waals surface area contributed by atoms with Crippen molar-refractivity contribution in [2.45, 2.75) is 0 Å². The molecule has 0 saturated heterocycles. The molecule has 0 aromatic heterocycles. The molecule has 0 rings (SSSR count). The molecule has 0 spiro atoms. The molecule has 0 aromatic rings. The van der Waals surface area contributed by atoms with Crippen molar-refractivity contribution in [2.75, 3.05) is 13.6 Å². The van der Waals surface area contributed by atoms with E-state index < -0.39 is 10.9 Å². The zero-order chi connectivity index (χ0) is 9.56. The van der Waals surface area contributed by atoms with Gasteiger partial charge in [-0.05, 0) is 0 Å². The van der Waals surface area contributed by atoms with E-state index >= 15 is 0 Å². The Morgan fingerprint density at radius 2 is 2.33 bits per heavy atom. The van der Waals surface area contributed by atoms with E-state index in [1.807, 2.05) is 0 Å². The van der Waals surface area contributed by atoms with Gasteiger partial charge in [0.1, 0.15) is 6.54 Å². The molecule has 0 saturated carbocycles. The van der Waals surface area contributed by atoms with Crippen molar-refractivity contribution in [3.05, 3.63) is 22.1 Å². The SMILES string of the molecule is CN/C(=C\[N+](=O)[O-])NCC(=O)O. The number of carboxylic acids is 1. The molecule has 0 bridgehead atoms. The van der Waals surface area contributed by atoms with Crippen LogP contribution in [-0.2, 0) is 4.79 Å². The van der Waals surface area contributed by atoms with Gasteiger partial charge >= 0.3 is 5.97 Å². The molecule has 0 radical (unpaired) electrons. The minimum Gasteiger partial charge on any atom is -0.480 e. The van der Waals surface area contributed by atoms with Gasteiger partial charge in [-0.25, -0.2) is 0 Å². The molecule has 0 atom stereocenters. The molecule has 0 aliphatic rings. The number of hydrogen-bond donors (Lipinski definition) is 3. The minimum absolute atomic E-state index is 0.0578. The van der Waals surface area contributed by atoms with Crippen LogP contribution < -0.4 is 10.6 Å². The highest BCUT2D eigenvalue weighted by molar-refractivity contribution is 5.69. The van der Waals surface area contributed by atoms with Crippen molar-refractivity contribution in [3.8, 4) is 0 Å². The number of hydrogen-bond acceptors (Lipinski definition) is 5. The van der Waals surface area contributed by atoms with Gasteiger partial charge in [0, 0.05) is 7.05 Å². The molecule has 68 valence electrons. The Morgan fingerprint density at radius 3 is 2.67 bits per heavy atom. The maximum absolute atomic E-state index is 10.0. The van der Waals surface area contributed by atoms with Crippen LogP contribution in [0.25, 0.3) is 0 Å². The van der Waals surface area contributed by atoms with Crippen molar-refractivity contribution in [1.82, 2.24) is 10.6 Å². The fraction of sp³-hybridized carbons (Fsp3) is 0.400. The highest BCUT2D eigenvalue weighted by atomic mass is 16.6. The first-order valence-electron chi connectivity index (χ1n) is 3.05. The number of nitrogens with one attached hydrogen (secondary N) is 2. The van der Waals surface area contributed by atoms with Crippen LogP contribution in [0.3, 0.4) is 0 Å². The van der Waals surface area contributed by atoms with E-state index in [1.165, 1.54) is 7.05 Å². The van der Waals surface area contributed by atoms with Gasteiger partial charge < -0.3 is 15.7 Å². The first-order valence-corrected chi connectivity index (χ1v) is 3.05. The predicted molar refractivity (Wildman–Crippen MR) is 39.8 cm³/mol. The number of carbonyl (C=O) groups is 1. The van der Waals surface area contributed by atoms with Crippen LogP contribution in [0.4, 0.5) is 0 Å². The van der Waals surface area contributed by atoms with Crippen molar-refractivity contribution in [2.24, 2.45) is 0 Å². The van der Waals surface area contributed by atoms with Crippen LogP contribution in [0, 0.1) is 10.1 Å². The summed E-state index contributed by atoms with van der Waals surface area (Å²) in [5, 5.41) is 22.9. The van der Waals surface area contributed by atoms with E-state index in [2.05, 4.69) is 10.6 Å². The van der Waals surface area contributed by atoms with Crippen molar-refractivity contribution >= 4 is 5.97 Å². The number of nitrogens with zero attached hydrogens (tertiary/aromatic N) is 1. The van der Waals surface area contributed by atoms with Crippen LogP contribution in [-0.4, -0.2) is 29.6 Å². The Hall–Kier alpha value is -1.79. The first kappa shape index (κ1) is 10.2. The minimum atomic E-state index is -1.08. The zero-order valence-electron chi connectivity index (χ0n) is 6.40.